The summed E-state index contributed by atoms with van der Waals surface area (Å²) in [5.74, 6) is -0.629. The van der Waals surface area contributed by atoms with E-state index in [1.807, 2.05) is 0 Å². The summed E-state index contributed by atoms with van der Waals surface area (Å²) in [5, 5.41) is 0. The second kappa shape index (κ2) is 3.86. The molecule has 0 radical (unpaired) electrons. The minimum absolute atomic E-state index is 0.0654. The average Bonchev–Trinajstić information content (AvgIpc) is 2.71. The maximum atomic E-state index is 12.8. The van der Waals surface area contributed by atoms with Crippen LogP contribution in [0.5, 0.6) is 0 Å². The molecule has 0 atom stereocenters. The highest BCUT2D eigenvalue weighted by atomic mass is 32.2. The van der Waals surface area contributed by atoms with Crippen LogP contribution in [0.4, 0.5) is 4.39 Å². The predicted molar refractivity (Wildman–Crippen MR) is 52.2 cm³/mol. The fourth-order valence-electron chi connectivity index (χ4n) is 1.61. The fourth-order valence-corrected chi connectivity index (χ4v) is 3.10. The van der Waals surface area contributed by atoms with Gasteiger partial charge in [-0.25, -0.2) is 12.8 Å². The highest BCUT2D eigenvalue weighted by molar-refractivity contribution is 7.89. The molecule has 0 bridgehead atoms. The molecule has 0 unspecified atom stereocenters. The van der Waals surface area contributed by atoms with E-state index in [4.69, 9.17) is 0 Å². The smallest absolute Gasteiger partial charge is 0.244 e. The summed E-state index contributed by atoms with van der Waals surface area (Å²) >= 11 is 0. The minimum Gasteiger partial charge on any atom is -0.260 e. The maximum Gasteiger partial charge on any atom is 0.244 e. The summed E-state index contributed by atoms with van der Waals surface area (Å²) in [4.78, 5) is 3.48. The Morgan fingerprint density at radius 1 is 1.27 bits per heavy atom. The zero-order chi connectivity index (χ0) is 10.9. The van der Waals surface area contributed by atoms with Gasteiger partial charge >= 0.3 is 0 Å². The van der Waals surface area contributed by atoms with Gasteiger partial charge in [-0.3, -0.25) is 4.98 Å². The van der Waals surface area contributed by atoms with Gasteiger partial charge in [-0.2, -0.15) is 4.31 Å². The second-order valence-electron chi connectivity index (χ2n) is 3.45. The molecule has 1 aromatic rings. The van der Waals surface area contributed by atoms with Crippen LogP contribution in [0.1, 0.15) is 12.8 Å². The van der Waals surface area contributed by atoms with Crippen LogP contribution in [-0.2, 0) is 10.0 Å². The van der Waals surface area contributed by atoms with Crippen LogP contribution in [0.3, 0.4) is 0 Å². The monoisotopic (exact) mass is 230 g/mol. The van der Waals surface area contributed by atoms with E-state index in [0.717, 1.165) is 25.1 Å². The average molecular weight is 230 g/mol. The van der Waals surface area contributed by atoms with Crippen LogP contribution in [0.15, 0.2) is 23.4 Å². The molecule has 2 rings (SSSR count). The lowest BCUT2D eigenvalue weighted by Crippen LogP contribution is -2.28. The number of pyridine rings is 1. The summed E-state index contributed by atoms with van der Waals surface area (Å²) in [5.41, 5.74) is 0. The molecule has 2 heterocycles. The molecule has 0 N–H and O–H groups in total. The topological polar surface area (TPSA) is 50.3 Å². The first-order valence-electron chi connectivity index (χ1n) is 4.71. The molecule has 1 aromatic heterocycles. The number of sulfonamides is 1. The molecule has 1 fully saturated rings. The first-order chi connectivity index (χ1) is 7.10. The number of hydrogen-bond acceptors (Lipinski definition) is 3. The lowest BCUT2D eigenvalue weighted by Gasteiger charge is -2.14. The molecular formula is C9H11FN2O2S. The van der Waals surface area contributed by atoms with Gasteiger partial charge in [0, 0.05) is 19.3 Å². The Bertz CT molecular complexity index is 455. The quantitative estimate of drug-likeness (QED) is 0.761. The van der Waals surface area contributed by atoms with Crippen molar-refractivity contribution in [3.05, 3.63) is 24.3 Å². The summed E-state index contributed by atoms with van der Waals surface area (Å²) < 4.78 is 38.0. The molecule has 4 nitrogen and oxygen atoms in total. The van der Waals surface area contributed by atoms with E-state index in [1.165, 1.54) is 10.5 Å². The van der Waals surface area contributed by atoms with Crippen molar-refractivity contribution in [1.29, 1.82) is 0 Å². The largest absolute Gasteiger partial charge is 0.260 e. The minimum atomic E-state index is -3.53. The van der Waals surface area contributed by atoms with E-state index < -0.39 is 15.8 Å². The molecule has 1 aliphatic heterocycles. The van der Waals surface area contributed by atoms with Crippen molar-refractivity contribution in [3.63, 3.8) is 0 Å². The standard InChI is InChI=1S/C9H11FN2O2S/c10-8-5-9(7-11-6-8)15(13,14)12-3-1-2-4-12/h5-7H,1-4H2. The van der Waals surface area contributed by atoms with Gasteiger partial charge in [0.15, 0.2) is 0 Å². The molecular weight excluding hydrogens is 219 g/mol. The normalized spacial score (nSPS) is 18.2. The zero-order valence-corrected chi connectivity index (χ0v) is 8.87. The Labute approximate surface area is 87.8 Å². The molecule has 82 valence electrons. The summed E-state index contributed by atoms with van der Waals surface area (Å²) in [6.07, 6.45) is 3.89. The molecule has 0 spiro atoms. The van der Waals surface area contributed by atoms with Crippen molar-refractivity contribution in [2.24, 2.45) is 0 Å². The van der Waals surface area contributed by atoms with Crippen molar-refractivity contribution in [1.82, 2.24) is 9.29 Å². The molecule has 0 amide bonds. The van der Waals surface area contributed by atoms with E-state index in [0.29, 0.717) is 13.1 Å². The Morgan fingerprint density at radius 2 is 1.93 bits per heavy atom. The van der Waals surface area contributed by atoms with Crippen LogP contribution >= 0.6 is 0 Å². The highest BCUT2D eigenvalue weighted by Gasteiger charge is 2.27. The predicted octanol–water partition coefficient (Wildman–Crippen LogP) is 1.01. The van der Waals surface area contributed by atoms with Crippen molar-refractivity contribution >= 4 is 10.0 Å². The van der Waals surface area contributed by atoms with Gasteiger partial charge in [-0.15, -0.1) is 0 Å². The molecule has 0 aliphatic carbocycles. The number of rotatable bonds is 2. The lowest BCUT2D eigenvalue weighted by atomic mass is 10.4. The van der Waals surface area contributed by atoms with Gasteiger partial charge in [0.05, 0.1) is 6.20 Å². The molecule has 0 saturated carbocycles. The van der Waals surface area contributed by atoms with Gasteiger partial charge in [-0.05, 0) is 18.9 Å². The first-order valence-corrected chi connectivity index (χ1v) is 6.15. The lowest BCUT2D eigenvalue weighted by molar-refractivity contribution is 0.476. The van der Waals surface area contributed by atoms with Crippen LogP contribution in [-0.4, -0.2) is 30.8 Å². The summed E-state index contributed by atoms with van der Waals surface area (Å²) in [7, 11) is -3.53. The van der Waals surface area contributed by atoms with Gasteiger partial charge in [0.25, 0.3) is 0 Å². The number of nitrogens with zero attached hydrogens (tertiary/aromatic N) is 2. The molecule has 1 saturated heterocycles. The molecule has 1 aliphatic rings. The van der Waals surface area contributed by atoms with E-state index in [1.54, 1.807) is 0 Å². The van der Waals surface area contributed by atoms with E-state index in [-0.39, 0.29) is 4.90 Å². The SMILES string of the molecule is O=S(=O)(c1cncc(F)c1)N1CCCC1. The van der Waals surface area contributed by atoms with E-state index >= 15 is 0 Å². The van der Waals surface area contributed by atoms with Crippen LogP contribution in [0, 0.1) is 5.82 Å². The third kappa shape index (κ3) is 2.00. The first kappa shape index (κ1) is 10.5. The zero-order valence-electron chi connectivity index (χ0n) is 8.06. The highest BCUT2D eigenvalue weighted by Crippen LogP contribution is 2.20. The van der Waals surface area contributed by atoms with Gasteiger partial charge in [0.2, 0.25) is 10.0 Å². The van der Waals surface area contributed by atoms with Crippen LogP contribution in [0.2, 0.25) is 0 Å². The van der Waals surface area contributed by atoms with Gasteiger partial charge < -0.3 is 0 Å². The van der Waals surface area contributed by atoms with Gasteiger partial charge in [-0.1, -0.05) is 0 Å². The van der Waals surface area contributed by atoms with Crippen LogP contribution in [0.25, 0.3) is 0 Å². The second-order valence-corrected chi connectivity index (χ2v) is 5.39. The maximum absolute atomic E-state index is 12.8. The Balaban J connectivity index is 2.36. The van der Waals surface area contributed by atoms with Crippen molar-refractivity contribution in [2.45, 2.75) is 17.7 Å². The molecule has 15 heavy (non-hydrogen) atoms. The number of hydrogen-bond donors (Lipinski definition) is 0. The van der Waals surface area contributed by atoms with Crippen molar-refractivity contribution in [3.8, 4) is 0 Å². The Kier molecular flexibility index (Phi) is 2.70. The summed E-state index contributed by atoms with van der Waals surface area (Å²) in [6, 6.07) is 1.00. The van der Waals surface area contributed by atoms with Crippen molar-refractivity contribution in [2.75, 3.05) is 13.1 Å². The van der Waals surface area contributed by atoms with E-state index in [9.17, 15) is 12.8 Å². The number of aromatic nitrogens is 1. The van der Waals surface area contributed by atoms with Gasteiger partial charge in [0.1, 0.15) is 10.7 Å². The van der Waals surface area contributed by atoms with Crippen LogP contribution < -0.4 is 0 Å². The van der Waals surface area contributed by atoms with E-state index in [2.05, 4.69) is 4.98 Å². The number of halogens is 1. The van der Waals surface area contributed by atoms with Crippen molar-refractivity contribution < 1.29 is 12.8 Å². The molecule has 0 aromatic carbocycles. The molecule has 6 heteroatoms. The summed E-state index contributed by atoms with van der Waals surface area (Å²) in [6.45, 7) is 1.03. The fraction of sp³-hybridized carbons (Fsp3) is 0.444. The third-order valence-electron chi connectivity index (χ3n) is 2.38. The third-order valence-corrected chi connectivity index (χ3v) is 4.25. The Morgan fingerprint density at radius 3 is 2.53 bits per heavy atom. The Hall–Kier alpha value is -1.01.